The SMILES string of the molecule is CC(C)(C)c1ccc(-c2nc(-c3ccc(-c4[c-]cccc4)nc3)nc(-c3ccc(C(C)(C)C)cn3)n2)nc1.[Ir]. The number of rotatable bonds is 4. The minimum absolute atomic E-state index is 0. The molecule has 4 aromatic heterocycles. The Morgan fingerprint density at radius 2 is 1.05 bits per heavy atom. The van der Waals surface area contributed by atoms with Crippen molar-refractivity contribution in [3.63, 3.8) is 0 Å². The second-order valence-corrected chi connectivity index (χ2v) is 11.4. The predicted octanol–water partition coefficient (Wildman–Crippen LogP) is 7.12. The maximum absolute atomic E-state index is 4.79. The average Bonchev–Trinajstić information content (AvgIpc) is 2.92. The molecule has 0 unspecified atom stereocenters. The van der Waals surface area contributed by atoms with Gasteiger partial charge in [0.15, 0.2) is 17.5 Å². The van der Waals surface area contributed by atoms with Gasteiger partial charge in [-0.25, -0.2) is 15.0 Å². The Balaban J connectivity index is 0.00000353. The third-order valence-electron chi connectivity index (χ3n) is 6.36. The van der Waals surface area contributed by atoms with Crippen LogP contribution in [0.2, 0.25) is 0 Å². The fourth-order valence-electron chi connectivity index (χ4n) is 3.91. The fraction of sp³-hybridized carbons (Fsp3) is 0.250. The molecule has 0 aliphatic carbocycles. The Morgan fingerprint density at radius 3 is 1.46 bits per heavy atom. The van der Waals surface area contributed by atoms with Crippen molar-refractivity contribution in [3.8, 4) is 45.7 Å². The van der Waals surface area contributed by atoms with Crippen molar-refractivity contribution in [2.24, 2.45) is 0 Å². The number of hydrogen-bond acceptors (Lipinski definition) is 6. The molecule has 6 nitrogen and oxygen atoms in total. The summed E-state index contributed by atoms with van der Waals surface area (Å²) in [6.07, 6.45) is 5.56. The molecule has 0 aliphatic heterocycles. The molecule has 1 aromatic carbocycles. The summed E-state index contributed by atoms with van der Waals surface area (Å²) < 4.78 is 0. The maximum Gasteiger partial charge on any atom is 0.182 e. The predicted molar refractivity (Wildman–Crippen MR) is 151 cm³/mol. The minimum Gasteiger partial charge on any atom is -0.304 e. The molecule has 0 N–H and O–H groups in total. The van der Waals surface area contributed by atoms with Gasteiger partial charge in [-0.2, -0.15) is 0 Å². The standard InChI is InChI=1S/C32H31N6.Ir/c1-31(2,3)23-13-16-26(34-19-23)29-36-28(22-12-15-25(33-18-22)21-10-8-7-9-11-21)37-30(38-29)27-17-14-24(20-35-27)32(4,5)6;/h7-10,12-20H,1-6H3;/q-1;. The molecule has 0 saturated heterocycles. The van der Waals surface area contributed by atoms with Gasteiger partial charge in [-0.3, -0.25) is 9.97 Å². The number of pyridine rings is 3. The van der Waals surface area contributed by atoms with Gasteiger partial charge in [0.05, 0.1) is 0 Å². The van der Waals surface area contributed by atoms with E-state index in [1.165, 1.54) is 0 Å². The van der Waals surface area contributed by atoms with Gasteiger partial charge < -0.3 is 4.98 Å². The second kappa shape index (κ2) is 11.2. The van der Waals surface area contributed by atoms with Gasteiger partial charge in [0, 0.05) is 44.3 Å². The van der Waals surface area contributed by atoms with Crippen molar-refractivity contribution in [1.29, 1.82) is 0 Å². The molecule has 39 heavy (non-hydrogen) atoms. The summed E-state index contributed by atoms with van der Waals surface area (Å²) in [4.78, 5) is 28.4. The molecule has 0 bridgehead atoms. The quantitative estimate of drug-likeness (QED) is 0.187. The molecule has 0 aliphatic rings. The molecule has 0 amide bonds. The first-order valence-electron chi connectivity index (χ1n) is 12.7. The van der Waals surface area contributed by atoms with Crippen LogP contribution >= 0.6 is 0 Å². The molecular weight excluding hydrogens is 661 g/mol. The average molecular weight is 692 g/mol. The summed E-state index contributed by atoms with van der Waals surface area (Å²) in [7, 11) is 0. The van der Waals surface area contributed by atoms with Crippen LogP contribution in [-0.4, -0.2) is 29.9 Å². The summed E-state index contributed by atoms with van der Waals surface area (Å²) in [5.41, 5.74) is 6.21. The van der Waals surface area contributed by atoms with E-state index in [9.17, 15) is 0 Å². The normalized spacial score (nSPS) is 11.6. The second-order valence-electron chi connectivity index (χ2n) is 11.4. The molecule has 4 heterocycles. The zero-order valence-electron chi connectivity index (χ0n) is 23.0. The topological polar surface area (TPSA) is 77.3 Å². The smallest absolute Gasteiger partial charge is 0.182 e. The van der Waals surface area contributed by atoms with E-state index >= 15 is 0 Å². The van der Waals surface area contributed by atoms with Gasteiger partial charge in [0.1, 0.15) is 11.4 Å². The largest absolute Gasteiger partial charge is 0.304 e. The first-order valence-corrected chi connectivity index (χ1v) is 12.7. The summed E-state index contributed by atoms with van der Waals surface area (Å²) in [5.74, 6) is 1.50. The van der Waals surface area contributed by atoms with Crippen molar-refractivity contribution < 1.29 is 20.1 Å². The third kappa shape index (κ3) is 6.49. The van der Waals surface area contributed by atoms with Gasteiger partial charge in [0.25, 0.3) is 0 Å². The van der Waals surface area contributed by atoms with Crippen molar-refractivity contribution in [3.05, 3.63) is 96.4 Å². The molecule has 0 spiro atoms. The Bertz CT molecular complexity index is 1460. The molecule has 199 valence electrons. The van der Waals surface area contributed by atoms with Crippen molar-refractivity contribution >= 4 is 0 Å². The van der Waals surface area contributed by atoms with Crippen LogP contribution in [0.25, 0.3) is 45.7 Å². The van der Waals surface area contributed by atoms with E-state index in [1.807, 2.05) is 60.9 Å². The van der Waals surface area contributed by atoms with Crippen LogP contribution in [0.5, 0.6) is 0 Å². The van der Waals surface area contributed by atoms with Gasteiger partial charge in [0.2, 0.25) is 0 Å². The summed E-state index contributed by atoms with van der Waals surface area (Å²) in [6.45, 7) is 13.0. The number of nitrogens with zero attached hydrogens (tertiary/aromatic N) is 6. The first kappa shape index (κ1) is 28.3. The first-order chi connectivity index (χ1) is 18.1. The van der Waals surface area contributed by atoms with Crippen molar-refractivity contribution in [2.45, 2.75) is 52.4 Å². The van der Waals surface area contributed by atoms with Crippen LogP contribution < -0.4 is 0 Å². The van der Waals surface area contributed by atoms with Gasteiger partial charge in [-0.15, -0.1) is 35.9 Å². The van der Waals surface area contributed by atoms with Crippen LogP contribution in [0.1, 0.15) is 52.7 Å². The Hall–Kier alpha value is -3.67. The Morgan fingerprint density at radius 1 is 0.538 bits per heavy atom. The molecule has 7 heteroatoms. The number of benzene rings is 1. The summed E-state index contributed by atoms with van der Waals surface area (Å²) in [6, 6.07) is 23.0. The molecule has 1 radical (unpaired) electrons. The summed E-state index contributed by atoms with van der Waals surface area (Å²) >= 11 is 0. The van der Waals surface area contributed by atoms with Gasteiger partial charge >= 0.3 is 0 Å². The third-order valence-corrected chi connectivity index (χ3v) is 6.36. The number of hydrogen-bond donors (Lipinski definition) is 0. The van der Waals surface area contributed by atoms with E-state index in [2.05, 4.69) is 64.7 Å². The van der Waals surface area contributed by atoms with Gasteiger partial charge in [-0.1, -0.05) is 65.8 Å². The van der Waals surface area contributed by atoms with E-state index in [4.69, 9.17) is 24.9 Å². The zero-order valence-corrected chi connectivity index (χ0v) is 25.4. The fourth-order valence-corrected chi connectivity index (χ4v) is 3.91. The number of aromatic nitrogens is 6. The van der Waals surface area contributed by atoms with Crippen LogP contribution in [0.3, 0.4) is 0 Å². The Kier molecular flexibility index (Phi) is 8.14. The van der Waals surface area contributed by atoms with E-state index < -0.39 is 0 Å². The molecule has 5 aromatic rings. The monoisotopic (exact) mass is 692 g/mol. The Labute approximate surface area is 243 Å². The van der Waals surface area contributed by atoms with E-state index in [0.29, 0.717) is 28.9 Å². The van der Waals surface area contributed by atoms with Crippen LogP contribution in [-0.2, 0) is 30.9 Å². The van der Waals surface area contributed by atoms with Crippen molar-refractivity contribution in [1.82, 2.24) is 29.9 Å². The van der Waals surface area contributed by atoms with E-state index in [-0.39, 0.29) is 30.9 Å². The zero-order chi connectivity index (χ0) is 26.9. The maximum atomic E-state index is 4.79. The van der Waals surface area contributed by atoms with Crippen LogP contribution in [0, 0.1) is 6.07 Å². The molecule has 0 saturated carbocycles. The van der Waals surface area contributed by atoms with E-state index in [0.717, 1.165) is 27.9 Å². The summed E-state index contributed by atoms with van der Waals surface area (Å²) in [5, 5.41) is 0. The molecule has 0 fully saturated rings. The molecule has 0 atom stereocenters. The van der Waals surface area contributed by atoms with Crippen LogP contribution in [0.15, 0.2) is 79.3 Å². The molecular formula is C32H31IrN6-. The van der Waals surface area contributed by atoms with E-state index in [1.54, 1.807) is 6.20 Å². The van der Waals surface area contributed by atoms with Crippen molar-refractivity contribution in [2.75, 3.05) is 0 Å². The van der Waals surface area contributed by atoms with Crippen LogP contribution in [0.4, 0.5) is 0 Å². The van der Waals surface area contributed by atoms with Gasteiger partial charge in [-0.05, 0) is 39.8 Å². The molecule has 5 rings (SSSR count). The minimum atomic E-state index is 0.